The summed E-state index contributed by atoms with van der Waals surface area (Å²) in [7, 11) is 0. The third-order valence-corrected chi connectivity index (χ3v) is 1.17. The number of amidine groups is 1. The maximum Gasteiger partial charge on any atom is 0.227 e. The van der Waals surface area contributed by atoms with E-state index in [1.165, 1.54) is 0 Å². The number of carbonyl (C=O) groups is 1. The maximum atomic E-state index is 9.85. The van der Waals surface area contributed by atoms with Crippen molar-refractivity contribution in [1.82, 2.24) is 10.4 Å². The van der Waals surface area contributed by atoms with Crippen molar-refractivity contribution in [2.75, 3.05) is 0 Å². The molecule has 0 spiro atoms. The zero-order chi connectivity index (χ0) is 8.81. The topological polar surface area (TPSA) is 80.4 Å². The Kier molecular flexibility index (Phi) is 2.78. The van der Waals surface area contributed by atoms with Crippen molar-refractivity contribution in [3.05, 3.63) is 30.1 Å². The molecule has 62 valence electrons. The average molecular weight is 164 g/mol. The van der Waals surface area contributed by atoms with Gasteiger partial charge in [0.25, 0.3) is 0 Å². The SMILES string of the molecule is N/C(=N\NC=O)c1ccccn1. The quantitative estimate of drug-likeness (QED) is 0.272. The van der Waals surface area contributed by atoms with Crippen LogP contribution in [0.5, 0.6) is 0 Å². The van der Waals surface area contributed by atoms with Crippen molar-refractivity contribution in [3.63, 3.8) is 0 Å². The minimum Gasteiger partial charge on any atom is -0.380 e. The van der Waals surface area contributed by atoms with E-state index < -0.39 is 0 Å². The van der Waals surface area contributed by atoms with Gasteiger partial charge >= 0.3 is 0 Å². The number of nitrogens with zero attached hydrogens (tertiary/aromatic N) is 2. The largest absolute Gasteiger partial charge is 0.380 e. The third kappa shape index (κ3) is 2.05. The van der Waals surface area contributed by atoms with Gasteiger partial charge in [0.15, 0.2) is 5.84 Å². The predicted octanol–water partition coefficient (Wildman–Crippen LogP) is -0.552. The average Bonchev–Trinajstić information content (AvgIpc) is 2.15. The molecule has 12 heavy (non-hydrogen) atoms. The van der Waals surface area contributed by atoms with Crippen LogP contribution in [0.4, 0.5) is 0 Å². The van der Waals surface area contributed by atoms with E-state index in [0.29, 0.717) is 12.1 Å². The molecule has 0 atom stereocenters. The summed E-state index contributed by atoms with van der Waals surface area (Å²) < 4.78 is 0. The molecule has 5 nitrogen and oxygen atoms in total. The maximum absolute atomic E-state index is 9.85. The van der Waals surface area contributed by atoms with Crippen molar-refractivity contribution in [1.29, 1.82) is 0 Å². The van der Waals surface area contributed by atoms with Gasteiger partial charge in [0.1, 0.15) is 5.69 Å². The number of aromatic nitrogens is 1. The lowest BCUT2D eigenvalue weighted by atomic mass is 10.3. The number of hydrazone groups is 1. The Morgan fingerprint density at radius 2 is 2.50 bits per heavy atom. The summed E-state index contributed by atoms with van der Waals surface area (Å²) >= 11 is 0. The molecule has 5 heteroatoms. The van der Waals surface area contributed by atoms with Crippen molar-refractivity contribution in [2.24, 2.45) is 10.8 Å². The van der Waals surface area contributed by atoms with Crippen LogP contribution in [0.15, 0.2) is 29.5 Å². The van der Waals surface area contributed by atoms with Crippen LogP contribution in [0.2, 0.25) is 0 Å². The fourth-order valence-electron chi connectivity index (χ4n) is 0.667. The van der Waals surface area contributed by atoms with Gasteiger partial charge in [-0.2, -0.15) is 5.10 Å². The van der Waals surface area contributed by atoms with Crippen molar-refractivity contribution in [2.45, 2.75) is 0 Å². The fraction of sp³-hybridized carbons (Fsp3) is 0. The molecule has 0 bridgehead atoms. The van der Waals surface area contributed by atoms with Crippen LogP contribution in [-0.4, -0.2) is 17.2 Å². The number of pyridine rings is 1. The minimum absolute atomic E-state index is 0.183. The minimum atomic E-state index is 0.183. The lowest BCUT2D eigenvalue weighted by Crippen LogP contribution is -2.19. The van der Waals surface area contributed by atoms with Gasteiger partial charge in [0, 0.05) is 6.20 Å². The first kappa shape index (κ1) is 8.19. The Hall–Kier alpha value is -1.91. The molecule has 1 aromatic rings. The lowest BCUT2D eigenvalue weighted by molar-refractivity contribution is -0.109. The number of amides is 1. The Bertz CT molecular complexity index is 283. The molecule has 0 radical (unpaired) electrons. The zero-order valence-corrected chi connectivity index (χ0v) is 6.27. The molecule has 0 saturated carbocycles. The summed E-state index contributed by atoms with van der Waals surface area (Å²) in [5.41, 5.74) is 8.07. The van der Waals surface area contributed by atoms with Crippen LogP contribution < -0.4 is 11.2 Å². The van der Waals surface area contributed by atoms with Crippen LogP contribution in [-0.2, 0) is 4.79 Å². The van der Waals surface area contributed by atoms with Crippen molar-refractivity contribution in [3.8, 4) is 0 Å². The lowest BCUT2D eigenvalue weighted by Gasteiger charge is -1.96. The normalized spacial score (nSPS) is 10.8. The summed E-state index contributed by atoms with van der Waals surface area (Å²) in [6.45, 7) is 0. The number of nitrogens with two attached hydrogens (primary N) is 1. The van der Waals surface area contributed by atoms with E-state index in [9.17, 15) is 4.79 Å². The van der Waals surface area contributed by atoms with Gasteiger partial charge < -0.3 is 5.73 Å². The third-order valence-electron chi connectivity index (χ3n) is 1.17. The van der Waals surface area contributed by atoms with E-state index in [1.807, 2.05) is 0 Å². The highest BCUT2D eigenvalue weighted by Gasteiger charge is 1.96. The molecule has 0 aromatic carbocycles. The Morgan fingerprint density at radius 3 is 3.08 bits per heavy atom. The molecule has 0 aliphatic carbocycles. The molecule has 0 unspecified atom stereocenters. The zero-order valence-electron chi connectivity index (χ0n) is 6.27. The van der Waals surface area contributed by atoms with Gasteiger partial charge in [-0.05, 0) is 12.1 Å². The Labute approximate surface area is 69.3 Å². The molecule has 1 aromatic heterocycles. The summed E-state index contributed by atoms with van der Waals surface area (Å²) in [4.78, 5) is 13.8. The molecule has 0 aliphatic heterocycles. The highest BCUT2D eigenvalue weighted by molar-refractivity contribution is 5.95. The van der Waals surface area contributed by atoms with Crippen LogP contribution in [0.25, 0.3) is 0 Å². The summed E-state index contributed by atoms with van der Waals surface area (Å²) in [6, 6.07) is 5.25. The van der Waals surface area contributed by atoms with Crippen LogP contribution in [0.3, 0.4) is 0 Å². The monoisotopic (exact) mass is 164 g/mol. The smallest absolute Gasteiger partial charge is 0.227 e. The molecule has 0 aliphatic rings. The van der Waals surface area contributed by atoms with E-state index in [1.54, 1.807) is 24.4 Å². The summed E-state index contributed by atoms with van der Waals surface area (Å²) in [5.74, 6) is 0.183. The van der Waals surface area contributed by atoms with Crippen LogP contribution in [0.1, 0.15) is 5.69 Å². The molecule has 3 N–H and O–H groups in total. The number of hydrogen-bond acceptors (Lipinski definition) is 3. The number of rotatable bonds is 3. The standard InChI is InChI=1S/C7H8N4O/c8-7(11-10-5-12)6-3-1-2-4-9-6/h1-5H,(H2,8,11)(H,10,12). The molecular weight excluding hydrogens is 156 g/mol. The van der Waals surface area contributed by atoms with Gasteiger partial charge in [-0.3, -0.25) is 9.78 Å². The van der Waals surface area contributed by atoms with Crippen molar-refractivity contribution >= 4 is 12.2 Å². The molecule has 1 amide bonds. The van der Waals surface area contributed by atoms with Gasteiger partial charge in [0.05, 0.1) is 0 Å². The van der Waals surface area contributed by atoms with Crippen LogP contribution >= 0.6 is 0 Å². The summed E-state index contributed by atoms with van der Waals surface area (Å²) in [5, 5.41) is 3.53. The van der Waals surface area contributed by atoms with Crippen molar-refractivity contribution < 1.29 is 4.79 Å². The van der Waals surface area contributed by atoms with Gasteiger partial charge in [-0.15, -0.1) is 0 Å². The molecular formula is C7H8N4O. The van der Waals surface area contributed by atoms with Crippen LogP contribution in [0, 0.1) is 0 Å². The van der Waals surface area contributed by atoms with Gasteiger partial charge in [-0.1, -0.05) is 6.07 Å². The van der Waals surface area contributed by atoms with E-state index in [2.05, 4.69) is 15.5 Å². The number of nitrogens with one attached hydrogen (secondary N) is 1. The number of carbonyl (C=O) groups excluding carboxylic acids is 1. The molecule has 0 saturated heterocycles. The van der Waals surface area contributed by atoms with Gasteiger partial charge in [-0.25, -0.2) is 5.43 Å². The summed E-state index contributed by atoms with van der Waals surface area (Å²) in [6.07, 6.45) is 2.04. The fourth-order valence-corrected chi connectivity index (χ4v) is 0.667. The van der Waals surface area contributed by atoms with E-state index in [-0.39, 0.29) is 5.84 Å². The Balaban J connectivity index is 2.77. The van der Waals surface area contributed by atoms with E-state index in [0.717, 1.165) is 0 Å². The van der Waals surface area contributed by atoms with E-state index >= 15 is 0 Å². The molecule has 1 heterocycles. The van der Waals surface area contributed by atoms with Gasteiger partial charge in [0.2, 0.25) is 6.41 Å². The Morgan fingerprint density at radius 1 is 1.67 bits per heavy atom. The number of hydrogen-bond donors (Lipinski definition) is 2. The molecule has 0 fully saturated rings. The predicted molar refractivity (Wildman–Crippen MR) is 44.2 cm³/mol. The van der Waals surface area contributed by atoms with E-state index in [4.69, 9.17) is 5.73 Å². The first-order chi connectivity index (χ1) is 5.84. The highest BCUT2D eigenvalue weighted by Crippen LogP contribution is 1.90. The second-order valence-electron chi connectivity index (χ2n) is 1.96. The first-order valence-electron chi connectivity index (χ1n) is 3.28. The second-order valence-corrected chi connectivity index (χ2v) is 1.96. The first-order valence-corrected chi connectivity index (χ1v) is 3.28. The second kappa shape index (κ2) is 4.07. The highest BCUT2D eigenvalue weighted by atomic mass is 16.1. The molecule has 1 rings (SSSR count).